The number of amides is 1. The van der Waals surface area contributed by atoms with Gasteiger partial charge in [0.25, 0.3) is 5.91 Å². The van der Waals surface area contributed by atoms with E-state index in [0.29, 0.717) is 24.5 Å². The minimum Gasteiger partial charge on any atom is -0.487 e. The second-order valence-corrected chi connectivity index (χ2v) is 8.11. The maximum Gasteiger partial charge on any atom is 0.338 e. The zero-order valence-electron chi connectivity index (χ0n) is 15.5. The number of nitrogens with one attached hydrogen (secondary N) is 1. The molecule has 146 valence electrons. The van der Waals surface area contributed by atoms with Gasteiger partial charge in [-0.05, 0) is 49.6 Å². The van der Waals surface area contributed by atoms with E-state index in [1.807, 2.05) is 29.8 Å². The lowest BCUT2D eigenvalue weighted by atomic mass is 10.2. The predicted octanol–water partition coefficient (Wildman–Crippen LogP) is 3.95. The normalized spacial score (nSPS) is 11.6. The average molecular weight is 417 g/mol. The number of nitrogens with zero attached hydrogens (tertiary/aromatic N) is 1. The van der Waals surface area contributed by atoms with Crippen molar-refractivity contribution in [3.8, 4) is 5.75 Å². The molecule has 0 saturated carbocycles. The van der Waals surface area contributed by atoms with Crippen LogP contribution >= 0.6 is 22.7 Å². The molecule has 0 saturated heterocycles. The van der Waals surface area contributed by atoms with Gasteiger partial charge in [0, 0.05) is 10.3 Å². The number of rotatable bonds is 8. The fourth-order valence-electron chi connectivity index (χ4n) is 2.33. The van der Waals surface area contributed by atoms with Crippen LogP contribution in [0.1, 0.15) is 32.9 Å². The lowest BCUT2D eigenvalue weighted by molar-refractivity contribution is -0.129. The first kappa shape index (κ1) is 20.0. The van der Waals surface area contributed by atoms with E-state index in [1.54, 1.807) is 53.9 Å². The zero-order valence-corrected chi connectivity index (χ0v) is 17.1. The number of hydrogen-bond acceptors (Lipinski definition) is 7. The SMILES string of the molecule is Cc1nc(COc2ccc(C(=O)O[C@@H](C)C(=O)NCc3cccs3)cc2)cs1. The summed E-state index contributed by atoms with van der Waals surface area (Å²) >= 11 is 3.13. The Bertz CT molecular complexity index is 920. The number of aryl methyl sites for hydroxylation is 1. The van der Waals surface area contributed by atoms with E-state index in [0.717, 1.165) is 15.6 Å². The molecule has 0 radical (unpaired) electrons. The maximum atomic E-state index is 12.2. The molecule has 2 heterocycles. The number of hydrogen-bond donors (Lipinski definition) is 1. The van der Waals surface area contributed by atoms with E-state index in [1.165, 1.54) is 0 Å². The molecule has 1 atom stereocenters. The molecule has 0 aliphatic heterocycles. The summed E-state index contributed by atoms with van der Waals surface area (Å²) in [6.45, 7) is 4.28. The number of esters is 1. The van der Waals surface area contributed by atoms with Gasteiger partial charge in [0.2, 0.25) is 0 Å². The Labute approximate surface area is 171 Å². The van der Waals surface area contributed by atoms with Gasteiger partial charge in [-0.3, -0.25) is 4.79 Å². The summed E-state index contributed by atoms with van der Waals surface area (Å²) in [4.78, 5) is 29.7. The molecule has 28 heavy (non-hydrogen) atoms. The standard InChI is InChI=1S/C20H20N2O4S2/c1-13(19(23)21-10-18-4-3-9-27-18)26-20(24)15-5-7-17(8-6-15)25-11-16-12-28-14(2)22-16/h3-9,12-13H,10-11H2,1-2H3,(H,21,23)/t13-/m0/s1. The number of aromatic nitrogens is 1. The molecule has 2 aromatic heterocycles. The van der Waals surface area contributed by atoms with Gasteiger partial charge in [0.1, 0.15) is 12.4 Å². The van der Waals surface area contributed by atoms with Crippen LogP contribution in [0.25, 0.3) is 0 Å². The van der Waals surface area contributed by atoms with Crippen LogP contribution in [-0.4, -0.2) is 23.0 Å². The Morgan fingerprint density at radius 1 is 1.18 bits per heavy atom. The third-order valence-electron chi connectivity index (χ3n) is 3.81. The molecule has 0 aliphatic rings. The Kier molecular flexibility index (Phi) is 6.78. The Hall–Kier alpha value is -2.71. The van der Waals surface area contributed by atoms with Crippen LogP contribution < -0.4 is 10.1 Å². The van der Waals surface area contributed by atoms with Gasteiger partial charge in [-0.1, -0.05) is 6.07 Å². The van der Waals surface area contributed by atoms with Gasteiger partial charge in [-0.25, -0.2) is 9.78 Å². The molecule has 3 rings (SSSR count). The number of ether oxygens (including phenoxy) is 2. The van der Waals surface area contributed by atoms with Gasteiger partial charge in [-0.2, -0.15) is 0 Å². The highest BCUT2D eigenvalue weighted by atomic mass is 32.1. The molecule has 1 aromatic carbocycles. The summed E-state index contributed by atoms with van der Waals surface area (Å²) in [6, 6.07) is 10.5. The first-order valence-corrected chi connectivity index (χ1v) is 10.4. The lowest BCUT2D eigenvalue weighted by Gasteiger charge is -2.13. The van der Waals surface area contributed by atoms with E-state index in [4.69, 9.17) is 9.47 Å². The van der Waals surface area contributed by atoms with Gasteiger partial charge < -0.3 is 14.8 Å². The average Bonchev–Trinajstić information content (AvgIpc) is 3.36. The molecule has 0 fully saturated rings. The Morgan fingerprint density at radius 2 is 1.96 bits per heavy atom. The fourth-order valence-corrected chi connectivity index (χ4v) is 3.57. The number of thiophene rings is 1. The molecule has 0 unspecified atom stereocenters. The van der Waals surface area contributed by atoms with Gasteiger partial charge in [-0.15, -0.1) is 22.7 Å². The highest BCUT2D eigenvalue weighted by Gasteiger charge is 2.18. The van der Waals surface area contributed by atoms with Crippen molar-refractivity contribution in [2.75, 3.05) is 0 Å². The van der Waals surface area contributed by atoms with Crippen LogP contribution in [0.3, 0.4) is 0 Å². The molecule has 8 heteroatoms. The van der Waals surface area contributed by atoms with Crippen molar-refractivity contribution >= 4 is 34.6 Å². The van der Waals surface area contributed by atoms with E-state index in [9.17, 15) is 9.59 Å². The smallest absolute Gasteiger partial charge is 0.338 e. The summed E-state index contributed by atoms with van der Waals surface area (Å²) in [7, 11) is 0. The second kappa shape index (κ2) is 9.48. The quantitative estimate of drug-likeness (QED) is 0.563. The maximum absolute atomic E-state index is 12.2. The van der Waals surface area contributed by atoms with Gasteiger partial charge >= 0.3 is 5.97 Å². The predicted molar refractivity (Wildman–Crippen MR) is 109 cm³/mol. The van der Waals surface area contributed by atoms with E-state index in [-0.39, 0.29) is 5.91 Å². The van der Waals surface area contributed by atoms with Crippen LogP contribution in [-0.2, 0) is 22.7 Å². The molecule has 3 aromatic rings. The third kappa shape index (κ3) is 5.64. The van der Waals surface area contributed by atoms with E-state index >= 15 is 0 Å². The third-order valence-corrected chi connectivity index (χ3v) is 5.51. The van der Waals surface area contributed by atoms with Crippen molar-refractivity contribution < 1.29 is 19.1 Å². The summed E-state index contributed by atoms with van der Waals surface area (Å²) in [6.07, 6.45) is -0.878. The van der Waals surface area contributed by atoms with Gasteiger partial charge in [0.05, 0.1) is 22.8 Å². The number of carbonyl (C=O) groups excluding carboxylic acids is 2. The zero-order chi connectivity index (χ0) is 19.9. The van der Waals surface area contributed by atoms with Crippen molar-refractivity contribution in [2.45, 2.75) is 33.1 Å². The van der Waals surface area contributed by atoms with Crippen LogP contribution in [0.2, 0.25) is 0 Å². The molecular formula is C20H20N2O4S2. The van der Waals surface area contributed by atoms with Crippen LogP contribution in [0.15, 0.2) is 47.2 Å². The minimum atomic E-state index is -0.878. The largest absolute Gasteiger partial charge is 0.487 e. The number of thiazole rings is 1. The van der Waals surface area contributed by atoms with Gasteiger partial charge in [0.15, 0.2) is 6.10 Å². The highest BCUT2D eigenvalue weighted by molar-refractivity contribution is 7.10. The monoisotopic (exact) mass is 416 g/mol. The van der Waals surface area contributed by atoms with Crippen LogP contribution in [0.5, 0.6) is 5.75 Å². The van der Waals surface area contributed by atoms with Crippen molar-refractivity contribution in [1.82, 2.24) is 10.3 Å². The van der Waals surface area contributed by atoms with Crippen LogP contribution in [0, 0.1) is 6.92 Å². The summed E-state index contributed by atoms with van der Waals surface area (Å²) in [5.41, 5.74) is 1.23. The second-order valence-electron chi connectivity index (χ2n) is 6.02. The number of benzene rings is 1. The summed E-state index contributed by atoms with van der Waals surface area (Å²) in [5, 5.41) is 7.64. The topological polar surface area (TPSA) is 77.5 Å². The first-order valence-electron chi connectivity index (χ1n) is 8.66. The Balaban J connectivity index is 1.47. The minimum absolute atomic E-state index is 0.333. The van der Waals surface area contributed by atoms with E-state index < -0.39 is 12.1 Å². The van der Waals surface area contributed by atoms with Crippen molar-refractivity contribution in [3.63, 3.8) is 0 Å². The van der Waals surface area contributed by atoms with Crippen molar-refractivity contribution in [1.29, 1.82) is 0 Å². The first-order chi connectivity index (χ1) is 13.5. The van der Waals surface area contributed by atoms with Crippen LogP contribution in [0.4, 0.5) is 0 Å². The van der Waals surface area contributed by atoms with Crippen molar-refractivity contribution in [2.24, 2.45) is 0 Å². The molecule has 0 aliphatic carbocycles. The summed E-state index contributed by atoms with van der Waals surface area (Å²) in [5.74, 6) is -0.260. The molecule has 1 N–H and O–H groups in total. The van der Waals surface area contributed by atoms with E-state index in [2.05, 4.69) is 10.3 Å². The molecule has 0 spiro atoms. The summed E-state index contributed by atoms with van der Waals surface area (Å²) < 4.78 is 10.9. The van der Waals surface area contributed by atoms with Crippen molar-refractivity contribution in [3.05, 3.63) is 68.3 Å². The lowest BCUT2D eigenvalue weighted by Crippen LogP contribution is -2.35. The number of carbonyl (C=O) groups is 2. The fraction of sp³-hybridized carbons (Fsp3) is 0.250. The molecule has 0 bridgehead atoms. The molecule has 6 nitrogen and oxygen atoms in total. The molecular weight excluding hydrogens is 396 g/mol. The highest BCUT2D eigenvalue weighted by Crippen LogP contribution is 2.16. The molecule has 1 amide bonds. The Morgan fingerprint density at radius 3 is 2.61 bits per heavy atom.